The van der Waals surface area contributed by atoms with Crippen molar-refractivity contribution in [1.82, 2.24) is 0 Å². The summed E-state index contributed by atoms with van der Waals surface area (Å²) in [5.74, 6) is -0.0916. The fourth-order valence-electron chi connectivity index (χ4n) is 3.57. The van der Waals surface area contributed by atoms with Gasteiger partial charge in [-0.2, -0.15) is 0 Å². The van der Waals surface area contributed by atoms with E-state index in [0.29, 0.717) is 0 Å². The summed E-state index contributed by atoms with van der Waals surface area (Å²) in [5.41, 5.74) is 6.03. The quantitative estimate of drug-likeness (QED) is 0.623. The van der Waals surface area contributed by atoms with Gasteiger partial charge in [-0.1, -0.05) is 36.4 Å². The number of hydrogen-bond donors (Lipinski definition) is 0. The second kappa shape index (κ2) is 6.34. The zero-order chi connectivity index (χ0) is 18.4. The zero-order valence-corrected chi connectivity index (χ0v) is 16.2. The van der Waals surface area contributed by atoms with E-state index in [0.717, 1.165) is 16.8 Å². The lowest BCUT2D eigenvalue weighted by molar-refractivity contribution is -0.119. The molecule has 25 heavy (non-hydrogen) atoms. The molecule has 0 aliphatic carbocycles. The number of carbonyl (C=O) groups excluding carboxylic acids is 1. The molecule has 0 N–H and O–H groups in total. The molecule has 1 aliphatic heterocycles. The summed E-state index contributed by atoms with van der Waals surface area (Å²) in [4.78, 5) is 15.2. The molecule has 0 radical (unpaired) electrons. The average molecular weight is 354 g/mol. The highest BCUT2D eigenvalue weighted by molar-refractivity contribution is 6.33. The summed E-state index contributed by atoms with van der Waals surface area (Å²) in [6.45, 7) is 10.4. The van der Waals surface area contributed by atoms with Crippen molar-refractivity contribution in [2.45, 2.75) is 45.5 Å². The van der Waals surface area contributed by atoms with E-state index < -0.39 is 10.9 Å². The van der Waals surface area contributed by atoms with E-state index in [2.05, 4.69) is 52.8 Å². The molecule has 2 aromatic rings. The van der Waals surface area contributed by atoms with Gasteiger partial charge in [-0.25, -0.2) is 0 Å². The number of fused-ring (bicyclic) bond motifs is 1. The van der Waals surface area contributed by atoms with Gasteiger partial charge in [0, 0.05) is 5.56 Å². The van der Waals surface area contributed by atoms with Gasteiger partial charge in [0.25, 0.3) is 0 Å². The molecule has 0 saturated carbocycles. The molecule has 1 aliphatic rings. The lowest BCUT2D eigenvalue weighted by atomic mass is 9.86. The van der Waals surface area contributed by atoms with Gasteiger partial charge in [-0.05, 0) is 69.0 Å². The van der Waals surface area contributed by atoms with Crippen molar-refractivity contribution in [1.29, 1.82) is 0 Å². The Bertz CT molecular complexity index is 852. The van der Waals surface area contributed by atoms with Gasteiger partial charge in [-0.3, -0.25) is 4.79 Å². The molecule has 1 atom stereocenters. The van der Waals surface area contributed by atoms with E-state index in [4.69, 9.17) is 11.6 Å². The Morgan fingerprint density at radius 1 is 1.04 bits per heavy atom. The number of carbonyl (C=O) groups is 1. The largest absolute Gasteiger partial charge is 0.301 e. The fourth-order valence-corrected chi connectivity index (χ4v) is 3.81. The Morgan fingerprint density at radius 3 is 2.28 bits per heavy atom. The first kappa shape index (κ1) is 17.8. The maximum absolute atomic E-state index is 13.3. The maximum atomic E-state index is 13.3. The van der Waals surface area contributed by atoms with Gasteiger partial charge in [-0.15, -0.1) is 11.6 Å². The van der Waals surface area contributed by atoms with E-state index in [9.17, 15) is 4.79 Å². The van der Waals surface area contributed by atoms with Crippen molar-refractivity contribution in [2.75, 3.05) is 4.90 Å². The summed E-state index contributed by atoms with van der Waals surface area (Å²) in [7, 11) is 0. The molecule has 3 heteroatoms. The Balaban J connectivity index is 2.12. The van der Waals surface area contributed by atoms with Crippen molar-refractivity contribution in [3.63, 3.8) is 0 Å². The number of alkyl halides is 1. The Labute approximate surface area is 155 Å². The highest BCUT2D eigenvalue weighted by Gasteiger charge is 2.38. The number of halogens is 1. The number of allylic oxidation sites excluding steroid dienone is 1. The van der Waals surface area contributed by atoms with Crippen LogP contribution in [0, 0.1) is 13.8 Å². The van der Waals surface area contributed by atoms with Gasteiger partial charge in [0.2, 0.25) is 5.91 Å². The molecule has 0 unspecified atom stereocenters. The standard InChI is InChI=1S/C22H24ClNO/c1-14-11-18-16(3)13-22(4,5)24(19(18)12-15(14)2)21(25)20(23)17-9-7-6-8-10-17/h6-13,20H,1-5H3/t20-/m0/s1. The third-order valence-electron chi connectivity index (χ3n) is 4.95. The summed E-state index contributed by atoms with van der Waals surface area (Å²) in [5, 5.41) is -0.707. The number of anilines is 1. The van der Waals surface area contributed by atoms with Crippen molar-refractivity contribution >= 4 is 28.8 Å². The predicted molar refractivity (Wildman–Crippen MR) is 106 cm³/mol. The minimum Gasteiger partial charge on any atom is -0.301 e. The number of hydrogen-bond acceptors (Lipinski definition) is 1. The second-order valence-electron chi connectivity index (χ2n) is 7.38. The molecule has 130 valence electrons. The third-order valence-corrected chi connectivity index (χ3v) is 5.39. The van der Waals surface area contributed by atoms with Crippen molar-refractivity contribution in [3.05, 3.63) is 70.8 Å². The summed E-state index contributed by atoms with van der Waals surface area (Å²) < 4.78 is 0. The molecule has 0 saturated heterocycles. The molecule has 0 aromatic heterocycles. The number of amides is 1. The molecule has 0 bridgehead atoms. The van der Waals surface area contributed by atoms with E-state index >= 15 is 0 Å². The lowest BCUT2D eigenvalue weighted by Gasteiger charge is -2.42. The first-order valence-corrected chi connectivity index (χ1v) is 9.00. The van der Waals surface area contributed by atoms with Crippen LogP contribution in [-0.4, -0.2) is 11.4 Å². The first-order chi connectivity index (χ1) is 11.7. The average Bonchev–Trinajstić information content (AvgIpc) is 2.56. The van der Waals surface area contributed by atoms with Gasteiger partial charge in [0.1, 0.15) is 5.38 Å². The zero-order valence-electron chi connectivity index (χ0n) is 15.4. The highest BCUT2D eigenvalue weighted by atomic mass is 35.5. The summed E-state index contributed by atoms with van der Waals surface area (Å²) in [6, 6.07) is 13.8. The first-order valence-electron chi connectivity index (χ1n) is 8.56. The number of aryl methyl sites for hydroxylation is 2. The minimum atomic E-state index is -0.707. The van der Waals surface area contributed by atoms with Crippen LogP contribution in [0.2, 0.25) is 0 Å². The third kappa shape index (κ3) is 3.11. The maximum Gasteiger partial charge on any atom is 0.250 e. The highest BCUT2D eigenvalue weighted by Crippen LogP contribution is 2.42. The van der Waals surface area contributed by atoms with E-state index in [1.54, 1.807) is 0 Å². The molecule has 2 nitrogen and oxygen atoms in total. The van der Waals surface area contributed by atoms with Crippen LogP contribution in [0.3, 0.4) is 0 Å². The smallest absolute Gasteiger partial charge is 0.250 e. The van der Waals surface area contributed by atoms with E-state index in [1.807, 2.05) is 35.2 Å². The van der Waals surface area contributed by atoms with Crippen LogP contribution in [0.1, 0.15) is 48.4 Å². The van der Waals surface area contributed by atoms with Gasteiger partial charge < -0.3 is 4.90 Å². The monoisotopic (exact) mass is 353 g/mol. The van der Waals surface area contributed by atoms with Crippen molar-refractivity contribution in [2.24, 2.45) is 0 Å². The Morgan fingerprint density at radius 2 is 1.64 bits per heavy atom. The van der Waals surface area contributed by atoms with E-state index in [1.165, 1.54) is 16.7 Å². The van der Waals surface area contributed by atoms with Crippen LogP contribution in [0.15, 0.2) is 48.5 Å². The molecular weight excluding hydrogens is 330 g/mol. The molecule has 2 aromatic carbocycles. The minimum absolute atomic E-state index is 0.0916. The fraction of sp³-hybridized carbons (Fsp3) is 0.318. The van der Waals surface area contributed by atoms with Gasteiger partial charge in [0.05, 0.1) is 11.2 Å². The molecular formula is C22H24ClNO. The van der Waals surface area contributed by atoms with Crippen molar-refractivity contribution < 1.29 is 4.79 Å². The Kier molecular flexibility index (Phi) is 4.51. The predicted octanol–water partition coefficient (Wildman–Crippen LogP) is 5.81. The topological polar surface area (TPSA) is 20.3 Å². The Hall–Kier alpha value is -2.06. The van der Waals surface area contributed by atoms with Crippen LogP contribution in [0.5, 0.6) is 0 Å². The van der Waals surface area contributed by atoms with Crippen molar-refractivity contribution in [3.8, 4) is 0 Å². The molecule has 0 fully saturated rings. The van der Waals surface area contributed by atoms with Crippen LogP contribution in [-0.2, 0) is 4.79 Å². The normalized spacial score (nSPS) is 16.9. The summed E-state index contributed by atoms with van der Waals surface area (Å²) >= 11 is 6.58. The van der Waals surface area contributed by atoms with Crippen LogP contribution in [0.25, 0.3) is 5.57 Å². The SMILES string of the molecule is CC1=CC(C)(C)N(C(=O)[C@@H](Cl)c2ccccc2)c2cc(C)c(C)cc21. The second-order valence-corrected chi connectivity index (χ2v) is 7.82. The molecule has 3 rings (SSSR count). The van der Waals surface area contributed by atoms with Crippen LogP contribution in [0.4, 0.5) is 5.69 Å². The van der Waals surface area contributed by atoms with E-state index in [-0.39, 0.29) is 5.91 Å². The van der Waals surface area contributed by atoms with Gasteiger partial charge in [0.15, 0.2) is 0 Å². The summed E-state index contributed by atoms with van der Waals surface area (Å²) in [6.07, 6.45) is 2.15. The van der Waals surface area contributed by atoms with Crippen LogP contribution >= 0.6 is 11.6 Å². The number of rotatable bonds is 2. The lowest BCUT2D eigenvalue weighted by Crippen LogP contribution is -2.50. The number of nitrogens with zero attached hydrogens (tertiary/aromatic N) is 1. The molecule has 1 amide bonds. The molecule has 0 spiro atoms. The van der Waals surface area contributed by atoms with Gasteiger partial charge >= 0.3 is 0 Å². The van der Waals surface area contributed by atoms with Crippen LogP contribution < -0.4 is 4.90 Å². The molecule has 1 heterocycles. The number of benzene rings is 2.